The first-order valence-electron chi connectivity index (χ1n) is 7.95. The molecule has 2 N–H and O–H groups in total. The number of nitriles is 1. The van der Waals surface area contributed by atoms with Gasteiger partial charge in [-0.05, 0) is 42.5 Å². The number of carbonyl (C=O) groups is 1. The maximum atomic E-state index is 12.4. The number of carbonyl (C=O) groups excluding carboxylic acids is 1. The summed E-state index contributed by atoms with van der Waals surface area (Å²) in [4.78, 5) is 12.4. The van der Waals surface area contributed by atoms with Crippen molar-refractivity contribution >= 4 is 23.6 Å². The van der Waals surface area contributed by atoms with Crippen molar-refractivity contribution in [1.29, 1.82) is 5.26 Å². The molecule has 0 heterocycles. The Kier molecular flexibility index (Phi) is 6.10. The fraction of sp³-hybridized carbons (Fsp3) is 0.444. The molecule has 0 aromatic heterocycles. The first-order chi connectivity index (χ1) is 11.5. The van der Waals surface area contributed by atoms with Crippen LogP contribution in [0.1, 0.15) is 38.2 Å². The second-order valence-electron chi connectivity index (χ2n) is 6.07. The van der Waals surface area contributed by atoms with Crippen LogP contribution in [0.25, 0.3) is 6.08 Å². The third-order valence-corrected chi connectivity index (χ3v) is 4.66. The van der Waals surface area contributed by atoms with Crippen molar-refractivity contribution in [3.63, 3.8) is 0 Å². The van der Waals surface area contributed by atoms with Crippen LogP contribution in [0.4, 0.5) is 0 Å². The summed E-state index contributed by atoms with van der Waals surface area (Å²) in [5.41, 5.74) is 0.509. The highest BCUT2D eigenvalue weighted by molar-refractivity contribution is 6.32. The number of hydrogen-bond acceptors (Lipinski definition) is 4. The van der Waals surface area contributed by atoms with E-state index in [1.807, 2.05) is 6.07 Å². The number of phenolic OH excluding ortho intramolecular Hbond substituents is 1. The summed E-state index contributed by atoms with van der Waals surface area (Å²) in [7, 11) is 1.40. The molecular formula is C18H21ClN2O3. The van der Waals surface area contributed by atoms with E-state index < -0.39 is 0 Å². The van der Waals surface area contributed by atoms with Gasteiger partial charge in [-0.2, -0.15) is 5.26 Å². The molecule has 1 fully saturated rings. The zero-order chi connectivity index (χ0) is 17.7. The Morgan fingerprint density at radius 3 is 2.79 bits per heavy atom. The Labute approximate surface area is 146 Å². The summed E-state index contributed by atoms with van der Waals surface area (Å²) >= 11 is 5.94. The molecule has 0 radical (unpaired) electrons. The van der Waals surface area contributed by atoms with Gasteiger partial charge >= 0.3 is 0 Å². The van der Waals surface area contributed by atoms with Crippen LogP contribution in [0.2, 0.25) is 5.02 Å². The number of aromatic hydroxyl groups is 1. The molecular weight excluding hydrogens is 328 g/mol. The molecule has 0 spiro atoms. The predicted octanol–water partition coefficient (Wildman–Crippen LogP) is 3.66. The average molecular weight is 349 g/mol. The van der Waals surface area contributed by atoms with Crippen LogP contribution < -0.4 is 10.1 Å². The number of phenols is 1. The molecule has 1 amide bonds. The SMILES string of the molecule is COc1cc(/C=C(\C#N)C(=O)N[C@H]2CCCC[C@H]2C)cc(Cl)c1O. The first-order valence-corrected chi connectivity index (χ1v) is 8.33. The largest absolute Gasteiger partial charge is 0.503 e. The molecule has 0 unspecified atom stereocenters. The topological polar surface area (TPSA) is 82.3 Å². The summed E-state index contributed by atoms with van der Waals surface area (Å²) in [5.74, 6) is 0.0351. The molecule has 24 heavy (non-hydrogen) atoms. The number of hydrogen-bond donors (Lipinski definition) is 2. The second kappa shape index (κ2) is 8.07. The Bertz CT molecular complexity index is 694. The fourth-order valence-electron chi connectivity index (χ4n) is 2.92. The molecule has 1 saturated carbocycles. The van der Waals surface area contributed by atoms with Crippen LogP contribution in [0, 0.1) is 17.2 Å². The Morgan fingerprint density at radius 2 is 2.17 bits per heavy atom. The number of nitrogens with one attached hydrogen (secondary N) is 1. The minimum atomic E-state index is -0.389. The smallest absolute Gasteiger partial charge is 0.262 e. The highest BCUT2D eigenvalue weighted by Gasteiger charge is 2.24. The van der Waals surface area contributed by atoms with Gasteiger partial charge in [-0.25, -0.2) is 0 Å². The van der Waals surface area contributed by atoms with Gasteiger partial charge in [0.1, 0.15) is 11.6 Å². The van der Waals surface area contributed by atoms with Crippen LogP contribution >= 0.6 is 11.6 Å². The molecule has 1 aliphatic carbocycles. The lowest BCUT2D eigenvalue weighted by Crippen LogP contribution is -2.41. The Balaban J connectivity index is 2.21. The summed E-state index contributed by atoms with van der Waals surface area (Å²) in [6, 6.07) is 5.03. The molecule has 2 atom stereocenters. The van der Waals surface area contributed by atoms with Crippen LogP contribution in [0.15, 0.2) is 17.7 Å². The maximum Gasteiger partial charge on any atom is 0.262 e. The van der Waals surface area contributed by atoms with E-state index in [0.717, 1.165) is 19.3 Å². The Hall–Kier alpha value is -2.19. The molecule has 0 bridgehead atoms. The fourth-order valence-corrected chi connectivity index (χ4v) is 3.14. The lowest BCUT2D eigenvalue weighted by molar-refractivity contribution is -0.118. The summed E-state index contributed by atoms with van der Waals surface area (Å²) in [6.45, 7) is 2.12. The van der Waals surface area contributed by atoms with E-state index in [1.54, 1.807) is 0 Å². The van der Waals surface area contributed by atoms with E-state index in [4.69, 9.17) is 16.3 Å². The summed E-state index contributed by atoms with van der Waals surface area (Å²) in [5, 5.41) is 22.1. The van der Waals surface area contributed by atoms with Gasteiger partial charge in [0.25, 0.3) is 5.91 Å². The monoisotopic (exact) mass is 348 g/mol. The molecule has 0 saturated heterocycles. The summed E-state index contributed by atoms with van der Waals surface area (Å²) in [6.07, 6.45) is 5.73. The van der Waals surface area contributed by atoms with E-state index in [9.17, 15) is 15.2 Å². The molecule has 2 rings (SSSR count). The zero-order valence-corrected chi connectivity index (χ0v) is 14.6. The van der Waals surface area contributed by atoms with Crippen molar-refractivity contribution in [3.8, 4) is 17.6 Å². The van der Waals surface area contributed by atoms with Crippen LogP contribution in [-0.2, 0) is 4.79 Å². The minimum absolute atomic E-state index is 0.00316. The number of ether oxygens (including phenoxy) is 1. The van der Waals surface area contributed by atoms with Crippen LogP contribution in [0.3, 0.4) is 0 Å². The standard InChI is InChI=1S/C18H21ClN2O3/c1-11-5-3-4-6-15(11)21-18(23)13(10-20)7-12-8-14(19)17(22)16(9-12)24-2/h7-9,11,15,22H,3-6H2,1-2H3,(H,21,23)/b13-7+/t11-,15+/m1/s1. The second-order valence-corrected chi connectivity index (χ2v) is 6.47. The lowest BCUT2D eigenvalue weighted by Gasteiger charge is -2.29. The molecule has 6 heteroatoms. The zero-order valence-electron chi connectivity index (χ0n) is 13.8. The minimum Gasteiger partial charge on any atom is -0.503 e. The number of nitrogens with zero attached hydrogens (tertiary/aromatic N) is 1. The van der Waals surface area contributed by atoms with Crippen molar-refractivity contribution in [3.05, 3.63) is 28.3 Å². The molecule has 0 aliphatic heterocycles. The van der Waals surface area contributed by atoms with Crippen molar-refractivity contribution in [1.82, 2.24) is 5.32 Å². The van der Waals surface area contributed by atoms with Crippen LogP contribution in [-0.4, -0.2) is 24.2 Å². The quantitative estimate of drug-likeness (QED) is 0.642. The van der Waals surface area contributed by atoms with Crippen LogP contribution in [0.5, 0.6) is 11.5 Å². The lowest BCUT2D eigenvalue weighted by atomic mass is 9.86. The van der Waals surface area contributed by atoms with Crippen molar-refractivity contribution in [2.24, 2.45) is 5.92 Å². The van der Waals surface area contributed by atoms with Gasteiger partial charge in [-0.15, -0.1) is 0 Å². The molecule has 1 aromatic rings. The highest BCUT2D eigenvalue weighted by Crippen LogP contribution is 2.35. The van der Waals surface area contributed by atoms with Crippen molar-refractivity contribution in [2.45, 2.75) is 38.6 Å². The van der Waals surface area contributed by atoms with Crippen molar-refractivity contribution in [2.75, 3.05) is 7.11 Å². The van der Waals surface area contributed by atoms with Gasteiger partial charge in [0.15, 0.2) is 11.5 Å². The van der Waals surface area contributed by atoms with Gasteiger partial charge in [0, 0.05) is 6.04 Å². The first kappa shape index (κ1) is 18.2. The highest BCUT2D eigenvalue weighted by atomic mass is 35.5. The third kappa shape index (κ3) is 4.21. The third-order valence-electron chi connectivity index (χ3n) is 4.37. The van der Waals surface area contributed by atoms with E-state index in [2.05, 4.69) is 12.2 Å². The van der Waals surface area contributed by atoms with Crippen molar-refractivity contribution < 1.29 is 14.6 Å². The van der Waals surface area contributed by atoms with E-state index >= 15 is 0 Å². The van der Waals surface area contributed by atoms with Gasteiger partial charge in [-0.3, -0.25) is 4.79 Å². The maximum absolute atomic E-state index is 12.4. The number of halogens is 1. The molecule has 1 aliphatic rings. The van der Waals surface area contributed by atoms with Gasteiger partial charge in [-0.1, -0.05) is 31.4 Å². The van der Waals surface area contributed by atoms with E-state index in [1.165, 1.54) is 31.7 Å². The number of rotatable bonds is 4. The van der Waals surface area contributed by atoms with Gasteiger partial charge in [0.2, 0.25) is 0 Å². The molecule has 128 valence electrons. The number of methoxy groups -OCH3 is 1. The number of amides is 1. The summed E-state index contributed by atoms with van der Waals surface area (Å²) < 4.78 is 5.03. The normalized spacial score (nSPS) is 21.0. The number of benzene rings is 1. The Morgan fingerprint density at radius 1 is 1.46 bits per heavy atom. The van der Waals surface area contributed by atoms with Gasteiger partial charge < -0.3 is 15.2 Å². The van der Waals surface area contributed by atoms with Gasteiger partial charge in [0.05, 0.1) is 12.1 Å². The molecule has 5 nitrogen and oxygen atoms in total. The predicted molar refractivity (Wildman–Crippen MR) is 92.8 cm³/mol. The average Bonchev–Trinajstić information content (AvgIpc) is 2.57. The van der Waals surface area contributed by atoms with E-state index in [0.29, 0.717) is 11.5 Å². The molecule has 1 aromatic carbocycles. The van der Waals surface area contributed by atoms with E-state index in [-0.39, 0.29) is 34.0 Å².